The molecule has 3 fully saturated rings. The maximum absolute atomic E-state index is 12.7. The second kappa shape index (κ2) is 6.03. The Morgan fingerprint density at radius 1 is 1.22 bits per heavy atom. The van der Waals surface area contributed by atoms with E-state index in [1.54, 1.807) is 10.5 Å². The molecule has 0 unspecified atom stereocenters. The van der Waals surface area contributed by atoms with E-state index in [4.69, 9.17) is 4.74 Å². The van der Waals surface area contributed by atoms with Crippen LogP contribution in [0.4, 0.5) is 5.82 Å². The number of sulfonamides is 1. The average Bonchev–Trinajstić information content (AvgIpc) is 3.41. The van der Waals surface area contributed by atoms with Gasteiger partial charge in [0.05, 0.1) is 17.4 Å². The first-order valence-electron chi connectivity index (χ1n) is 8.43. The SMILES string of the molecule is O=S(=O)(C1CC1)N1C[C@@H]2CCCO[C@@H]2[C@H](Nc2ccccn2)C1. The van der Waals surface area contributed by atoms with Crippen LogP contribution in [0.5, 0.6) is 0 Å². The molecule has 1 aliphatic carbocycles. The first-order valence-corrected chi connectivity index (χ1v) is 9.93. The highest BCUT2D eigenvalue weighted by atomic mass is 32.2. The number of pyridine rings is 1. The summed E-state index contributed by atoms with van der Waals surface area (Å²) in [5, 5.41) is 3.25. The number of hydrogen-bond donors (Lipinski definition) is 1. The van der Waals surface area contributed by atoms with E-state index in [9.17, 15) is 8.42 Å². The number of nitrogens with one attached hydrogen (secondary N) is 1. The van der Waals surface area contributed by atoms with Crippen molar-refractivity contribution in [2.75, 3.05) is 25.0 Å². The first-order chi connectivity index (χ1) is 11.1. The molecule has 6 nitrogen and oxygen atoms in total. The lowest BCUT2D eigenvalue weighted by Gasteiger charge is -2.45. The number of ether oxygens (including phenoxy) is 1. The van der Waals surface area contributed by atoms with Gasteiger partial charge in [0.2, 0.25) is 10.0 Å². The van der Waals surface area contributed by atoms with Gasteiger partial charge in [0, 0.05) is 31.8 Å². The first kappa shape index (κ1) is 15.4. The van der Waals surface area contributed by atoms with Gasteiger partial charge in [0.15, 0.2) is 0 Å². The molecule has 7 heteroatoms. The normalized spacial score (nSPS) is 32.3. The Morgan fingerprint density at radius 2 is 2.09 bits per heavy atom. The molecule has 1 aromatic rings. The molecule has 3 aliphatic rings. The number of fused-ring (bicyclic) bond motifs is 1. The Morgan fingerprint density at radius 3 is 2.83 bits per heavy atom. The summed E-state index contributed by atoms with van der Waals surface area (Å²) in [6.45, 7) is 1.83. The van der Waals surface area contributed by atoms with Gasteiger partial charge in [-0.25, -0.2) is 13.4 Å². The Bertz CT molecular complexity index is 648. The van der Waals surface area contributed by atoms with Crippen LogP contribution in [0.25, 0.3) is 0 Å². The zero-order chi connectivity index (χ0) is 15.9. The Kier molecular flexibility index (Phi) is 4.03. The van der Waals surface area contributed by atoms with Crippen molar-refractivity contribution in [1.29, 1.82) is 0 Å². The summed E-state index contributed by atoms with van der Waals surface area (Å²) >= 11 is 0. The van der Waals surface area contributed by atoms with Gasteiger partial charge in [0.1, 0.15) is 5.82 Å². The Hall–Kier alpha value is -1.18. The van der Waals surface area contributed by atoms with Crippen LogP contribution < -0.4 is 5.32 Å². The predicted molar refractivity (Wildman–Crippen MR) is 87.6 cm³/mol. The van der Waals surface area contributed by atoms with E-state index in [1.807, 2.05) is 18.2 Å². The monoisotopic (exact) mass is 337 g/mol. The highest BCUT2D eigenvalue weighted by Crippen LogP contribution is 2.36. The molecule has 0 aromatic carbocycles. The highest BCUT2D eigenvalue weighted by Gasteiger charge is 2.47. The fourth-order valence-electron chi connectivity index (χ4n) is 3.71. The number of nitrogens with zero attached hydrogens (tertiary/aromatic N) is 2. The maximum atomic E-state index is 12.7. The minimum Gasteiger partial charge on any atom is -0.376 e. The summed E-state index contributed by atoms with van der Waals surface area (Å²) in [5.74, 6) is 1.04. The van der Waals surface area contributed by atoms with Gasteiger partial charge in [-0.1, -0.05) is 6.07 Å². The van der Waals surface area contributed by atoms with E-state index in [0.29, 0.717) is 13.1 Å². The Balaban J connectivity index is 1.56. The molecule has 4 rings (SSSR count). The van der Waals surface area contributed by atoms with Gasteiger partial charge >= 0.3 is 0 Å². The Labute approximate surface area is 137 Å². The number of rotatable bonds is 4. The van der Waals surface area contributed by atoms with Gasteiger partial charge in [-0.2, -0.15) is 4.31 Å². The molecule has 3 atom stereocenters. The molecule has 3 heterocycles. The summed E-state index contributed by atoms with van der Waals surface area (Å²) in [5.41, 5.74) is 0. The fraction of sp³-hybridized carbons (Fsp3) is 0.688. The van der Waals surface area contributed by atoms with E-state index < -0.39 is 10.0 Å². The lowest BCUT2D eigenvalue weighted by Crippen LogP contribution is -2.59. The number of anilines is 1. The second-order valence-electron chi connectivity index (χ2n) is 6.76. The minimum absolute atomic E-state index is 0.0440. The molecule has 0 spiro atoms. The van der Waals surface area contributed by atoms with Gasteiger partial charge in [0.25, 0.3) is 0 Å². The molecule has 1 N–H and O–H groups in total. The van der Waals surface area contributed by atoms with Crippen molar-refractivity contribution in [1.82, 2.24) is 9.29 Å². The van der Waals surface area contributed by atoms with Crippen LogP contribution in [0.1, 0.15) is 25.7 Å². The van der Waals surface area contributed by atoms with Crippen LogP contribution in [0.3, 0.4) is 0 Å². The molecule has 1 aromatic heterocycles. The van der Waals surface area contributed by atoms with E-state index >= 15 is 0 Å². The van der Waals surface area contributed by atoms with Crippen molar-refractivity contribution in [3.05, 3.63) is 24.4 Å². The molecule has 1 saturated carbocycles. The minimum atomic E-state index is -3.15. The van der Waals surface area contributed by atoms with Crippen LogP contribution in [-0.4, -0.2) is 54.8 Å². The predicted octanol–water partition coefficient (Wildman–Crippen LogP) is 1.47. The average molecular weight is 337 g/mol. The third-order valence-electron chi connectivity index (χ3n) is 5.03. The fourth-order valence-corrected chi connectivity index (χ4v) is 5.64. The van der Waals surface area contributed by atoms with Crippen LogP contribution in [0.2, 0.25) is 0 Å². The van der Waals surface area contributed by atoms with Gasteiger partial charge in [-0.3, -0.25) is 0 Å². The van der Waals surface area contributed by atoms with Gasteiger partial charge in [-0.15, -0.1) is 0 Å². The molecule has 2 aliphatic heterocycles. The molecular weight excluding hydrogens is 314 g/mol. The summed E-state index contributed by atoms with van der Waals surface area (Å²) in [4.78, 5) is 4.31. The molecule has 0 amide bonds. The van der Waals surface area contributed by atoms with Crippen molar-refractivity contribution in [3.8, 4) is 0 Å². The summed E-state index contributed by atoms with van der Waals surface area (Å²) < 4.78 is 33.0. The topological polar surface area (TPSA) is 71.5 Å². The lowest BCUT2D eigenvalue weighted by molar-refractivity contribution is -0.0604. The quantitative estimate of drug-likeness (QED) is 0.901. The van der Waals surface area contributed by atoms with Crippen LogP contribution in [0, 0.1) is 5.92 Å². The largest absolute Gasteiger partial charge is 0.376 e. The zero-order valence-corrected chi connectivity index (χ0v) is 13.9. The molecule has 0 bridgehead atoms. The second-order valence-corrected chi connectivity index (χ2v) is 8.98. The standard InChI is InChI=1S/C16H23N3O3S/c20-23(21,13-6-7-13)19-10-12-4-3-9-22-16(12)14(11-19)18-15-5-1-2-8-17-15/h1-2,5,8,12-14,16H,3-4,6-7,9-11H2,(H,17,18)/t12-,14+,16-/m0/s1. The third-order valence-corrected chi connectivity index (χ3v) is 7.36. The summed E-state index contributed by atoms with van der Waals surface area (Å²) in [7, 11) is -3.15. The maximum Gasteiger partial charge on any atom is 0.217 e. The van der Waals surface area contributed by atoms with E-state index in [2.05, 4.69) is 10.3 Å². The van der Waals surface area contributed by atoms with Crippen molar-refractivity contribution in [2.45, 2.75) is 43.1 Å². The van der Waals surface area contributed by atoms with E-state index in [0.717, 1.165) is 38.1 Å². The zero-order valence-electron chi connectivity index (χ0n) is 13.1. The van der Waals surface area contributed by atoms with Crippen LogP contribution >= 0.6 is 0 Å². The molecule has 23 heavy (non-hydrogen) atoms. The number of piperidine rings is 1. The molecule has 2 saturated heterocycles. The van der Waals surface area contributed by atoms with Crippen molar-refractivity contribution >= 4 is 15.8 Å². The van der Waals surface area contributed by atoms with Gasteiger partial charge in [-0.05, 0) is 37.8 Å². The molecular formula is C16H23N3O3S. The van der Waals surface area contributed by atoms with Crippen molar-refractivity contribution in [2.24, 2.45) is 5.92 Å². The van der Waals surface area contributed by atoms with Gasteiger partial charge < -0.3 is 10.1 Å². The lowest BCUT2D eigenvalue weighted by atomic mass is 9.86. The molecule has 0 radical (unpaired) electrons. The van der Waals surface area contributed by atoms with Crippen LogP contribution in [-0.2, 0) is 14.8 Å². The highest BCUT2D eigenvalue weighted by molar-refractivity contribution is 7.90. The van der Waals surface area contributed by atoms with Crippen molar-refractivity contribution in [3.63, 3.8) is 0 Å². The number of hydrogen-bond acceptors (Lipinski definition) is 5. The third kappa shape index (κ3) is 3.09. The van der Waals surface area contributed by atoms with Crippen molar-refractivity contribution < 1.29 is 13.2 Å². The number of aromatic nitrogens is 1. The summed E-state index contributed by atoms with van der Waals surface area (Å²) in [6.07, 6.45) is 5.46. The smallest absolute Gasteiger partial charge is 0.217 e. The van der Waals surface area contributed by atoms with E-state index in [1.165, 1.54) is 0 Å². The van der Waals surface area contributed by atoms with E-state index in [-0.39, 0.29) is 23.3 Å². The molecule has 126 valence electrons. The van der Waals surface area contributed by atoms with Crippen LogP contribution in [0.15, 0.2) is 24.4 Å². The summed E-state index contributed by atoms with van der Waals surface area (Å²) in [6, 6.07) is 5.66.